The second kappa shape index (κ2) is 27.0. The first-order chi connectivity index (χ1) is 23.2. The van der Waals surface area contributed by atoms with Crippen LogP contribution >= 0.6 is 11.6 Å². The van der Waals surface area contributed by atoms with Crippen molar-refractivity contribution in [3.63, 3.8) is 0 Å². The SMILES string of the molecule is C.Cc1cc(/C=N/n2cnnc2)c(C)cc1O.Cc1cc(CO)c(C)cc1/C=N/n1cnnc1.OCCCCCCCCCCCl.[2H]CF. The molecule has 0 amide bonds. The van der Waals surface area contributed by atoms with Crippen LogP contribution in [0.1, 0.15) is 99.1 Å². The van der Waals surface area contributed by atoms with Crippen LogP contribution in [0.25, 0.3) is 0 Å². The van der Waals surface area contributed by atoms with Gasteiger partial charge in [0.15, 0.2) is 0 Å². The molecule has 48 heavy (non-hydrogen) atoms. The average Bonchev–Trinajstić information content (AvgIpc) is 3.80. The second-order valence-corrected chi connectivity index (χ2v) is 11.1. The maximum Gasteiger partial charge on any atom is 0.141 e. The molecule has 4 rings (SSSR count). The number of phenolic OH excluding ortho intramolecular Hbond substituents is 1. The number of nitrogens with zero attached hydrogens (tertiary/aromatic N) is 8. The van der Waals surface area contributed by atoms with Gasteiger partial charge in [0.05, 0.1) is 27.6 Å². The van der Waals surface area contributed by atoms with Crippen LogP contribution in [0.15, 0.2) is 59.8 Å². The van der Waals surface area contributed by atoms with Crippen molar-refractivity contribution in [2.45, 2.75) is 93.1 Å². The van der Waals surface area contributed by atoms with E-state index in [0.717, 1.165) is 57.7 Å². The Morgan fingerprint density at radius 2 is 1.12 bits per heavy atom. The maximum absolute atomic E-state index is 9.96. The first-order valence-electron chi connectivity index (χ1n) is 16.2. The normalized spacial score (nSPS) is 10.7. The standard InChI is InChI=1S/C12H14N4O.C11H12N4O.C10H21ClO.CH3F.CH4/c1-9-4-12(6-17)10(2)3-11(9)5-15-16-7-13-14-8-16;1-8-4-11(16)9(2)3-10(8)5-14-15-6-12-13-7-15;11-9-7-5-3-1-2-4-6-8-10-12;1-2;/h3-5,7-8,17H,6H2,1-2H3;3-7,16H,1-2H3;12H,1-10H2;1H3;1H4/b15-5+;14-5+;;;/i;;;1D;. The summed E-state index contributed by atoms with van der Waals surface area (Å²) in [6, 6.07) is 7.60. The lowest BCUT2D eigenvalue weighted by atomic mass is 10.0. The molecule has 11 nitrogen and oxygen atoms in total. The van der Waals surface area contributed by atoms with Crippen molar-refractivity contribution in [1.82, 2.24) is 29.7 Å². The minimum Gasteiger partial charge on any atom is -0.508 e. The van der Waals surface area contributed by atoms with E-state index >= 15 is 0 Å². The molecule has 0 atom stereocenters. The Labute approximate surface area is 291 Å². The van der Waals surface area contributed by atoms with Gasteiger partial charge in [-0.25, -0.2) is 9.35 Å². The fraction of sp³-hybridized carbons (Fsp3) is 0.486. The molecule has 0 aliphatic rings. The molecule has 0 saturated heterocycles. The molecule has 2 heterocycles. The number of alkyl halides is 2. The third kappa shape index (κ3) is 17.8. The zero-order valence-electron chi connectivity index (χ0n) is 28.9. The number of halogens is 2. The number of aromatic nitrogens is 6. The van der Waals surface area contributed by atoms with E-state index in [1.54, 1.807) is 18.5 Å². The molecule has 0 radical (unpaired) electrons. The number of hydrogen-bond donors (Lipinski definition) is 3. The predicted molar refractivity (Wildman–Crippen MR) is 194 cm³/mol. The van der Waals surface area contributed by atoms with E-state index in [9.17, 15) is 9.50 Å². The number of aliphatic hydroxyl groups excluding tert-OH is 2. The van der Waals surface area contributed by atoms with Crippen LogP contribution in [-0.2, 0) is 6.61 Å². The zero-order chi connectivity index (χ0) is 35.6. The van der Waals surface area contributed by atoms with Gasteiger partial charge in [-0.1, -0.05) is 52.0 Å². The van der Waals surface area contributed by atoms with Gasteiger partial charge in [-0.2, -0.15) is 10.2 Å². The van der Waals surface area contributed by atoms with E-state index in [2.05, 4.69) is 30.6 Å². The third-order valence-electron chi connectivity index (χ3n) is 6.99. The van der Waals surface area contributed by atoms with Gasteiger partial charge in [-0.15, -0.1) is 32.0 Å². The Kier molecular flexibility index (Phi) is 23.6. The van der Waals surface area contributed by atoms with Gasteiger partial charge in [-0.05, 0) is 97.7 Å². The van der Waals surface area contributed by atoms with E-state index in [1.165, 1.54) is 73.2 Å². The first kappa shape index (κ1) is 42.0. The molecular formula is C35H54ClFN8O3. The number of rotatable bonds is 14. The summed E-state index contributed by atoms with van der Waals surface area (Å²) in [5.74, 6) is 1.11. The number of benzene rings is 2. The fourth-order valence-electron chi connectivity index (χ4n) is 4.20. The van der Waals surface area contributed by atoms with E-state index < -0.39 is 7.15 Å². The van der Waals surface area contributed by atoms with Crippen LogP contribution in [0.2, 0.25) is 0 Å². The van der Waals surface area contributed by atoms with Gasteiger partial charge in [0.1, 0.15) is 31.1 Å². The van der Waals surface area contributed by atoms with Gasteiger partial charge < -0.3 is 15.3 Å². The van der Waals surface area contributed by atoms with E-state index in [0.29, 0.717) is 12.4 Å². The summed E-state index contributed by atoms with van der Waals surface area (Å²) in [6.45, 7) is 8.16. The van der Waals surface area contributed by atoms with Crippen LogP contribution in [0.5, 0.6) is 5.75 Å². The lowest BCUT2D eigenvalue weighted by Gasteiger charge is -2.07. The second-order valence-electron chi connectivity index (χ2n) is 10.7. The van der Waals surface area contributed by atoms with Crippen molar-refractivity contribution in [2.24, 2.45) is 10.2 Å². The Bertz CT molecular complexity index is 1450. The van der Waals surface area contributed by atoms with Crippen LogP contribution < -0.4 is 0 Å². The lowest BCUT2D eigenvalue weighted by Crippen LogP contribution is -1.96. The van der Waals surface area contributed by atoms with Gasteiger partial charge in [0.2, 0.25) is 0 Å². The molecule has 2 aromatic heterocycles. The topological polar surface area (TPSA) is 147 Å². The zero-order valence-corrected chi connectivity index (χ0v) is 28.7. The minimum atomic E-state index is -1.00. The molecule has 0 fully saturated rings. The molecule has 0 aliphatic carbocycles. The summed E-state index contributed by atoms with van der Waals surface area (Å²) in [4.78, 5) is 0. The monoisotopic (exact) mass is 689 g/mol. The highest BCUT2D eigenvalue weighted by atomic mass is 35.5. The highest BCUT2D eigenvalue weighted by Gasteiger charge is 2.03. The summed E-state index contributed by atoms with van der Waals surface area (Å²) >= 11 is 5.56. The Morgan fingerprint density at radius 1 is 0.708 bits per heavy atom. The van der Waals surface area contributed by atoms with E-state index in [-0.39, 0.29) is 14.0 Å². The molecule has 0 spiro atoms. The lowest BCUT2D eigenvalue weighted by molar-refractivity contribution is 0.281. The predicted octanol–water partition coefficient (Wildman–Crippen LogP) is 7.31. The number of phenols is 1. The average molecular weight is 690 g/mol. The van der Waals surface area contributed by atoms with Crippen molar-refractivity contribution < 1.29 is 21.1 Å². The van der Waals surface area contributed by atoms with Crippen molar-refractivity contribution in [3.05, 3.63) is 88.5 Å². The summed E-state index contributed by atoms with van der Waals surface area (Å²) in [5.41, 5.74) is 6.87. The minimum absolute atomic E-state index is 0. The Morgan fingerprint density at radius 3 is 1.56 bits per heavy atom. The molecule has 266 valence electrons. The molecule has 2 aromatic carbocycles. The molecule has 0 bridgehead atoms. The number of hydrogen-bond acceptors (Lipinski definition) is 9. The maximum atomic E-state index is 9.96. The molecule has 4 aromatic rings. The fourth-order valence-corrected chi connectivity index (χ4v) is 4.39. The summed E-state index contributed by atoms with van der Waals surface area (Å²) in [7, 11) is -1.00. The highest BCUT2D eigenvalue weighted by molar-refractivity contribution is 6.17. The van der Waals surface area contributed by atoms with E-state index in [1.807, 2.05) is 45.9 Å². The van der Waals surface area contributed by atoms with Crippen molar-refractivity contribution >= 4 is 24.0 Å². The third-order valence-corrected chi connectivity index (χ3v) is 7.26. The van der Waals surface area contributed by atoms with Crippen LogP contribution in [-0.4, -0.2) is 77.1 Å². The smallest absolute Gasteiger partial charge is 0.141 e. The van der Waals surface area contributed by atoms with E-state index in [4.69, 9.17) is 23.2 Å². The molecule has 3 N–H and O–H groups in total. The van der Waals surface area contributed by atoms with Gasteiger partial charge in [0, 0.05) is 12.5 Å². The van der Waals surface area contributed by atoms with Crippen molar-refractivity contribution in [2.75, 3.05) is 19.6 Å². The molecule has 0 aliphatic heterocycles. The van der Waals surface area contributed by atoms with Crippen LogP contribution in [0, 0.1) is 27.7 Å². The van der Waals surface area contributed by atoms with Crippen molar-refractivity contribution in [1.29, 1.82) is 0 Å². The van der Waals surface area contributed by atoms with Crippen molar-refractivity contribution in [3.8, 4) is 5.75 Å². The first-order valence-corrected chi connectivity index (χ1v) is 16.0. The number of aliphatic hydroxyl groups is 2. The highest BCUT2D eigenvalue weighted by Crippen LogP contribution is 2.20. The summed E-state index contributed by atoms with van der Waals surface area (Å²) < 4.78 is 18.6. The number of aryl methyl sites for hydroxylation is 4. The molecular weight excluding hydrogens is 635 g/mol. The molecule has 0 unspecified atom stereocenters. The summed E-state index contributed by atoms with van der Waals surface area (Å²) in [6.07, 6.45) is 19.4. The quantitative estimate of drug-likeness (QED) is 0.0714. The number of unbranched alkanes of at least 4 members (excludes halogenated alkanes) is 7. The van der Waals surface area contributed by atoms with Crippen LogP contribution in [0.3, 0.4) is 0 Å². The Hall–Kier alpha value is -4.00. The summed E-state index contributed by atoms with van der Waals surface area (Å²) in [5, 5.41) is 50.2. The van der Waals surface area contributed by atoms with Gasteiger partial charge in [0.25, 0.3) is 0 Å². The Balaban J connectivity index is 0.000000681. The van der Waals surface area contributed by atoms with Gasteiger partial charge >= 0.3 is 0 Å². The largest absolute Gasteiger partial charge is 0.508 e. The molecule has 13 heteroatoms. The molecule has 0 saturated carbocycles. The van der Waals surface area contributed by atoms with Gasteiger partial charge in [-0.3, -0.25) is 4.39 Å². The van der Waals surface area contributed by atoms with Crippen LogP contribution in [0.4, 0.5) is 4.39 Å². The number of aromatic hydroxyl groups is 1.